The number of nitrogens with zero attached hydrogens (tertiary/aromatic N) is 2. The van der Waals surface area contributed by atoms with Crippen LogP contribution in [0.1, 0.15) is 5.56 Å². The Balaban J connectivity index is 1.64. The van der Waals surface area contributed by atoms with Crippen LogP contribution in [-0.4, -0.2) is 16.9 Å². The summed E-state index contributed by atoms with van der Waals surface area (Å²) in [4.78, 5) is 1.23. The zero-order valence-electron chi connectivity index (χ0n) is 11.8. The molecule has 3 aromatic rings. The fraction of sp³-hybridized carbons (Fsp3) is 0.118. The van der Waals surface area contributed by atoms with Crippen molar-refractivity contribution >= 4 is 11.8 Å². The molecule has 2 aromatic carbocycles. The number of thioether (sulfide) groups is 1. The van der Waals surface area contributed by atoms with Crippen LogP contribution in [-0.2, 0) is 5.75 Å². The third-order valence-electron chi connectivity index (χ3n) is 3.12. The van der Waals surface area contributed by atoms with Crippen molar-refractivity contribution in [1.29, 1.82) is 0 Å². The van der Waals surface area contributed by atoms with E-state index in [1.165, 1.54) is 10.5 Å². The van der Waals surface area contributed by atoms with Gasteiger partial charge in [-0.1, -0.05) is 18.2 Å². The van der Waals surface area contributed by atoms with E-state index >= 15 is 0 Å². The second-order valence-electron chi connectivity index (χ2n) is 4.59. The highest BCUT2D eigenvalue weighted by Gasteiger charge is 2.02. The molecule has 4 heteroatoms. The van der Waals surface area contributed by atoms with Crippen molar-refractivity contribution in [2.24, 2.45) is 0 Å². The second-order valence-corrected chi connectivity index (χ2v) is 5.64. The van der Waals surface area contributed by atoms with E-state index in [1.807, 2.05) is 53.3 Å². The summed E-state index contributed by atoms with van der Waals surface area (Å²) in [6, 6.07) is 18.3. The van der Waals surface area contributed by atoms with E-state index in [1.54, 1.807) is 18.9 Å². The van der Waals surface area contributed by atoms with Crippen LogP contribution in [0, 0.1) is 0 Å². The molecular formula is C17H16N2OS. The Bertz CT molecular complexity index is 692. The summed E-state index contributed by atoms with van der Waals surface area (Å²) in [6.45, 7) is 0. The highest BCUT2D eigenvalue weighted by atomic mass is 32.2. The van der Waals surface area contributed by atoms with Gasteiger partial charge in [0.15, 0.2) is 0 Å². The predicted octanol–water partition coefficient (Wildman–Crippen LogP) is 4.17. The quantitative estimate of drug-likeness (QED) is 0.661. The molecule has 0 fully saturated rings. The van der Waals surface area contributed by atoms with Crippen LogP contribution in [0.15, 0.2) is 71.9 Å². The topological polar surface area (TPSA) is 27.1 Å². The minimum atomic E-state index is 0.885. The van der Waals surface area contributed by atoms with Gasteiger partial charge in [0, 0.05) is 22.4 Å². The summed E-state index contributed by atoms with van der Waals surface area (Å²) in [7, 11) is 1.68. The lowest BCUT2D eigenvalue weighted by molar-refractivity contribution is 0.414. The van der Waals surface area contributed by atoms with E-state index < -0.39 is 0 Å². The Morgan fingerprint density at radius 1 is 1.05 bits per heavy atom. The van der Waals surface area contributed by atoms with Crippen molar-refractivity contribution in [2.45, 2.75) is 10.6 Å². The number of ether oxygens (including phenoxy) is 1. The average molecular weight is 296 g/mol. The van der Waals surface area contributed by atoms with Gasteiger partial charge in [-0.15, -0.1) is 11.8 Å². The Hall–Kier alpha value is -2.20. The Morgan fingerprint density at radius 3 is 2.52 bits per heavy atom. The molecule has 106 valence electrons. The fourth-order valence-electron chi connectivity index (χ4n) is 2.00. The van der Waals surface area contributed by atoms with E-state index in [4.69, 9.17) is 4.74 Å². The third kappa shape index (κ3) is 3.47. The summed E-state index contributed by atoms with van der Waals surface area (Å²) in [5.74, 6) is 1.79. The van der Waals surface area contributed by atoms with Crippen LogP contribution in [0.25, 0.3) is 5.69 Å². The smallest absolute Gasteiger partial charge is 0.118 e. The molecule has 0 aliphatic rings. The summed E-state index contributed by atoms with van der Waals surface area (Å²) in [5, 5.41) is 4.41. The van der Waals surface area contributed by atoms with Crippen LogP contribution in [0.2, 0.25) is 0 Å². The van der Waals surface area contributed by atoms with Gasteiger partial charge in [0.05, 0.1) is 19.0 Å². The molecule has 0 spiro atoms. The highest BCUT2D eigenvalue weighted by Crippen LogP contribution is 2.25. The maximum Gasteiger partial charge on any atom is 0.118 e. The number of benzene rings is 2. The molecule has 0 amide bonds. The molecule has 0 saturated heterocycles. The van der Waals surface area contributed by atoms with Gasteiger partial charge in [-0.3, -0.25) is 0 Å². The Morgan fingerprint density at radius 2 is 1.81 bits per heavy atom. The minimum absolute atomic E-state index is 0.885. The maximum atomic E-state index is 5.16. The molecule has 3 nitrogen and oxygen atoms in total. The molecule has 0 unspecified atom stereocenters. The first-order valence-corrected chi connectivity index (χ1v) is 7.69. The Labute approximate surface area is 128 Å². The first-order valence-electron chi connectivity index (χ1n) is 6.71. The number of para-hydroxylation sites is 1. The first-order chi connectivity index (χ1) is 10.3. The van der Waals surface area contributed by atoms with Crippen molar-refractivity contribution in [3.05, 3.63) is 72.6 Å². The molecule has 1 aromatic heterocycles. The molecule has 3 rings (SSSR count). The van der Waals surface area contributed by atoms with Gasteiger partial charge in [-0.25, -0.2) is 4.68 Å². The highest BCUT2D eigenvalue weighted by molar-refractivity contribution is 7.98. The molecular weight excluding hydrogens is 280 g/mol. The lowest BCUT2D eigenvalue weighted by atomic mass is 10.3. The maximum absolute atomic E-state index is 5.16. The monoisotopic (exact) mass is 296 g/mol. The minimum Gasteiger partial charge on any atom is -0.497 e. The van der Waals surface area contributed by atoms with Crippen LogP contribution < -0.4 is 4.74 Å². The summed E-state index contributed by atoms with van der Waals surface area (Å²) in [5.41, 5.74) is 2.29. The zero-order chi connectivity index (χ0) is 14.5. The summed E-state index contributed by atoms with van der Waals surface area (Å²) < 4.78 is 7.07. The Kier molecular flexibility index (Phi) is 4.26. The molecule has 0 saturated carbocycles. The predicted molar refractivity (Wildman–Crippen MR) is 86.1 cm³/mol. The van der Waals surface area contributed by atoms with E-state index in [0.717, 1.165) is 17.2 Å². The molecule has 0 bridgehead atoms. The van der Waals surface area contributed by atoms with Crippen LogP contribution >= 0.6 is 11.8 Å². The van der Waals surface area contributed by atoms with Crippen molar-refractivity contribution in [2.75, 3.05) is 7.11 Å². The van der Waals surface area contributed by atoms with Crippen LogP contribution in [0.4, 0.5) is 0 Å². The third-order valence-corrected chi connectivity index (χ3v) is 4.20. The number of hydrogen-bond acceptors (Lipinski definition) is 3. The van der Waals surface area contributed by atoms with Crippen molar-refractivity contribution in [3.8, 4) is 11.4 Å². The lowest BCUT2D eigenvalue weighted by Gasteiger charge is -2.02. The largest absolute Gasteiger partial charge is 0.497 e. The van der Waals surface area contributed by atoms with E-state index in [2.05, 4.69) is 23.4 Å². The van der Waals surface area contributed by atoms with Crippen LogP contribution in [0.5, 0.6) is 5.75 Å². The van der Waals surface area contributed by atoms with Gasteiger partial charge >= 0.3 is 0 Å². The van der Waals surface area contributed by atoms with E-state index in [-0.39, 0.29) is 0 Å². The van der Waals surface area contributed by atoms with E-state index in [0.29, 0.717) is 0 Å². The molecule has 0 aliphatic heterocycles. The molecule has 0 aliphatic carbocycles. The molecule has 21 heavy (non-hydrogen) atoms. The molecule has 1 heterocycles. The number of hydrogen-bond donors (Lipinski definition) is 0. The molecule has 0 radical (unpaired) electrons. The standard InChI is InChI=1S/C17H16N2OS/c1-20-16-7-9-17(10-8-16)21-13-14-11-18-19(12-14)15-5-3-2-4-6-15/h2-12H,13H2,1H3. The summed E-state index contributed by atoms with van der Waals surface area (Å²) in [6.07, 6.45) is 4.00. The first kappa shape index (κ1) is 13.8. The van der Waals surface area contributed by atoms with Crippen molar-refractivity contribution in [1.82, 2.24) is 9.78 Å². The van der Waals surface area contributed by atoms with Gasteiger partial charge < -0.3 is 4.74 Å². The van der Waals surface area contributed by atoms with Gasteiger partial charge in [-0.05, 0) is 36.4 Å². The number of methoxy groups -OCH3 is 1. The second kappa shape index (κ2) is 6.50. The van der Waals surface area contributed by atoms with Gasteiger partial charge in [0.25, 0.3) is 0 Å². The molecule has 0 atom stereocenters. The molecule has 0 N–H and O–H groups in total. The van der Waals surface area contributed by atoms with Gasteiger partial charge in [0.2, 0.25) is 0 Å². The average Bonchev–Trinajstić information content (AvgIpc) is 3.03. The van der Waals surface area contributed by atoms with Gasteiger partial charge in [-0.2, -0.15) is 5.10 Å². The number of aromatic nitrogens is 2. The van der Waals surface area contributed by atoms with Crippen molar-refractivity contribution in [3.63, 3.8) is 0 Å². The summed E-state index contributed by atoms with van der Waals surface area (Å²) >= 11 is 1.79. The zero-order valence-corrected chi connectivity index (χ0v) is 12.6. The van der Waals surface area contributed by atoms with Gasteiger partial charge in [0.1, 0.15) is 5.75 Å². The fourth-order valence-corrected chi connectivity index (χ4v) is 2.81. The lowest BCUT2D eigenvalue weighted by Crippen LogP contribution is -1.92. The van der Waals surface area contributed by atoms with E-state index in [9.17, 15) is 0 Å². The van der Waals surface area contributed by atoms with Crippen LogP contribution in [0.3, 0.4) is 0 Å². The normalized spacial score (nSPS) is 10.5. The van der Waals surface area contributed by atoms with Crippen molar-refractivity contribution < 1.29 is 4.74 Å². The number of rotatable bonds is 5. The SMILES string of the molecule is COc1ccc(SCc2cnn(-c3ccccc3)c2)cc1.